The topological polar surface area (TPSA) is 30.9 Å². The van der Waals surface area contributed by atoms with Crippen LogP contribution in [0.5, 0.6) is 0 Å². The molecule has 0 saturated carbocycles. The average Bonchev–Trinajstić information content (AvgIpc) is 2.62. The van der Waals surface area contributed by atoms with Crippen molar-refractivity contribution >= 4 is 39.1 Å². The number of fused-ring (bicyclic) bond motifs is 3. The Kier molecular flexibility index (Phi) is 2.26. The fourth-order valence-electron chi connectivity index (χ4n) is 2.43. The Labute approximate surface area is 105 Å². The molecule has 0 aliphatic carbocycles. The lowest BCUT2D eigenvalue weighted by Gasteiger charge is -2.02. The van der Waals surface area contributed by atoms with Crippen molar-refractivity contribution in [3.63, 3.8) is 0 Å². The Bertz CT molecular complexity index is 654. The molecule has 86 valence electrons. The summed E-state index contributed by atoms with van der Waals surface area (Å²) in [7, 11) is 0. The molecule has 3 heteroatoms. The van der Waals surface area contributed by atoms with Crippen molar-refractivity contribution in [2.45, 2.75) is 13.5 Å². The van der Waals surface area contributed by atoms with E-state index in [1.54, 1.807) is 0 Å². The van der Waals surface area contributed by atoms with Crippen LogP contribution >= 0.6 is 11.6 Å². The Morgan fingerprint density at radius 3 is 2.41 bits per heavy atom. The van der Waals surface area contributed by atoms with Gasteiger partial charge in [0.1, 0.15) is 0 Å². The molecule has 0 aliphatic heterocycles. The number of benzene rings is 2. The maximum absolute atomic E-state index is 6.07. The minimum absolute atomic E-state index is 0.759. The van der Waals surface area contributed by atoms with Gasteiger partial charge in [0, 0.05) is 39.1 Å². The Hall–Kier alpha value is -1.67. The predicted molar refractivity (Wildman–Crippen MR) is 74.5 cm³/mol. The standard InChI is InChI=1S/C14H13ClN2/c1-2-17-13-5-3-9(15)7-11(13)12-8-10(16)4-6-14(12)17/h3-8H,2,16H2,1H3. The Morgan fingerprint density at radius 2 is 1.71 bits per heavy atom. The van der Waals surface area contributed by atoms with Gasteiger partial charge in [-0.05, 0) is 43.3 Å². The lowest BCUT2D eigenvalue weighted by Crippen LogP contribution is -1.92. The number of nitrogen functional groups attached to an aromatic ring is 1. The number of rotatable bonds is 1. The van der Waals surface area contributed by atoms with E-state index in [0.29, 0.717) is 0 Å². The zero-order valence-corrected chi connectivity index (χ0v) is 10.3. The number of halogens is 1. The van der Waals surface area contributed by atoms with E-state index in [9.17, 15) is 0 Å². The molecule has 2 nitrogen and oxygen atoms in total. The lowest BCUT2D eigenvalue weighted by atomic mass is 10.1. The van der Waals surface area contributed by atoms with E-state index in [4.69, 9.17) is 17.3 Å². The summed E-state index contributed by atoms with van der Waals surface area (Å²) in [5, 5.41) is 3.10. The minimum atomic E-state index is 0.759. The summed E-state index contributed by atoms with van der Waals surface area (Å²) in [6, 6.07) is 12.0. The number of nitrogens with two attached hydrogens (primary N) is 1. The van der Waals surface area contributed by atoms with E-state index in [0.717, 1.165) is 17.3 Å². The van der Waals surface area contributed by atoms with Gasteiger partial charge in [-0.2, -0.15) is 0 Å². The molecule has 2 aromatic carbocycles. The zero-order chi connectivity index (χ0) is 12.0. The van der Waals surface area contributed by atoms with Crippen molar-refractivity contribution in [1.29, 1.82) is 0 Å². The van der Waals surface area contributed by atoms with E-state index in [2.05, 4.69) is 23.6 Å². The number of aromatic nitrogens is 1. The first-order chi connectivity index (χ1) is 8.20. The van der Waals surface area contributed by atoms with Crippen molar-refractivity contribution < 1.29 is 0 Å². The molecule has 0 saturated heterocycles. The molecule has 0 amide bonds. The summed E-state index contributed by atoms with van der Waals surface area (Å²) >= 11 is 6.07. The Morgan fingerprint density at radius 1 is 1.06 bits per heavy atom. The molecule has 0 spiro atoms. The van der Waals surface area contributed by atoms with Crippen LogP contribution in [0.1, 0.15) is 6.92 Å². The lowest BCUT2D eigenvalue weighted by molar-refractivity contribution is 0.827. The normalized spacial score (nSPS) is 11.4. The van der Waals surface area contributed by atoms with Crippen LogP contribution in [-0.2, 0) is 6.54 Å². The molecule has 2 N–H and O–H groups in total. The van der Waals surface area contributed by atoms with Crippen LogP contribution < -0.4 is 5.73 Å². The number of hydrogen-bond donors (Lipinski definition) is 1. The van der Waals surface area contributed by atoms with Crippen LogP contribution in [0.2, 0.25) is 5.02 Å². The molecule has 0 radical (unpaired) electrons. The highest BCUT2D eigenvalue weighted by Gasteiger charge is 2.09. The SMILES string of the molecule is CCn1c2ccc(N)cc2c2cc(Cl)ccc21. The molecular formula is C14H13ClN2. The van der Waals surface area contributed by atoms with Crippen molar-refractivity contribution in [3.05, 3.63) is 41.4 Å². The molecule has 0 bridgehead atoms. The van der Waals surface area contributed by atoms with Gasteiger partial charge in [0.05, 0.1) is 0 Å². The monoisotopic (exact) mass is 244 g/mol. The van der Waals surface area contributed by atoms with Crippen LogP contribution in [0, 0.1) is 0 Å². The molecule has 0 atom stereocenters. The molecule has 0 unspecified atom stereocenters. The van der Waals surface area contributed by atoms with E-state index in [1.165, 1.54) is 21.8 Å². The first-order valence-corrected chi connectivity index (χ1v) is 6.05. The maximum atomic E-state index is 6.07. The van der Waals surface area contributed by atoms with Gasteiger partial charge in [-0.25, -0.2) is 0 Å². The van der Waals surface area contributed by atoms with Gasteiger partial charge < -0.3 is 10.3 Å². The second-order valence-electron chi connectivity index (χ2n) is 4.18. The third-order valence-electron chi connectivity index (χ3n) is 3.17. The van der Waals surface area contributed by atoms with Gasteiger partial charge in [-0.15, -0.1) is 0 Å². The van der Waals surface area contributed by atoms with Gasteiger partial charge in [0.2, 0.25) is 0 Å². The predicted octanol–water partition coefficient (Wildman–Crippen LogP) is 4.05. The number of hydrogen-bond acceptors (Lipinski definition) is 1. The highest BCUT2D eigenvalue weighted by molar-refractivity contribution is 6.31. The second-order valence-corrected chi connectivity index (χ2v) is 4.62. The molecule has 0 fully saturated rings. The quantitative estimate of drug-likeness (QED) is 0.644. The summed E-state index contributed by atoms with van der Waals surface area (Å²) in [4.78, 5) is 0. The highest BCUT2D eigenvalue weighted by Crippen LogP contribution is 2.32. The smallest absolute Gasteiger partial charge is 0.0492 e. The average molecular weight is 245 g/mol. The van der Waals surface area contributed by atoms with Gasteiger partial charge >= 0.3 is 0 Å². The van der Waals surface area contributed by atoms with Gasteiger partial charge in [-0.3, -0.25) is 0 Å². The fourth-order valence-corrected chi connectivity index (χ4v) is 2.61. The second kappa shape index (κ2) is 3.67. The number of nitrogens with zero attached hydrogens (tertiary/aromatic N) is 1. The van der Waals surface area contributed by atoms with Crippen molar-refractivity contribution in [3.8, 4) is 0 Å². The number of aryl methyl sites for hydroxylation is 1. The van der Waals surface area contributed by atoms with Crippen molar-refractivity contribution in [2.24, 2.45) is 0 Å². The fraction of sp³-hybridized carbons (Fsp3) is 0.143. The first-order valence-electron chi connectivity index (χ1n) is 5.67. The van der Waals surface area contributed by atoms with Crippen molar-refractivity contribution in [2.75, 3.05) is 5.73 Å². The summed E-state index contributed by atoms with van der Waals surface area (Å²) < 4.78 is 2.28. The van der Waals surface area contributed by atoms with Crippen molar-refractivity contribution in [1.82, 2.24) is 4.57 Å². The molecule has 1 aromatic heterocycles. The van der Waals surface area contributed by atoms with Crippen LogP contribution in [0.3, 0.4) is 0 Å². The molecule has 0 aliphatic rings. The van der Waals surface area contributed by atoms with E-state index >= 15 is 0 Å². The van der Waals surface area contributed by atoms with Crippen LogP contribution in [0.15, 0.2) is 36.4 Å². The zero-order valence-electron chi connectivity index (χ0n) is 9.57. The summed E-state index contributed by atoms with van der Waals surface area (Å²) in [6.45, 7) is 3.08. The summed E-state index contributed by atoms with van der Waals surface area (Å²) in [5.74, 6) is 0. The van der Waals surface area contributed by atoms with E-state index in [1.807, 2.05) is 24.3 Å². The highest BCUT2D eigenvalue weighted by atomic mass is 35.5. The first kappa shape index (κ1) is 10.5. The van der Waals surface area contributed by atoms with Crippen LogP contribution in [0.25, 0.3) is 21.8 Å². The molecule has 3 aromatic rings. The number of anilines is 1. The van der Waals surface area contributed by atoms with Gasteiger partial charge in [0.25, 0.3) is 0 Å². The molecule has 1 heterocycles. The van der Waals surface area contributed by atoms with E-state index in [-0.39, 0.29) is 0 Å². The van der Waals surface area contributed by atoms with Gasteiger partial charge in [-0.1, -0.05) is 11.6 Å². The minimum Gasteiger partial charge on any atom is -0.399 e. The third-order valence-corrected chi connectivity index (χ3v) is 3.40. The summed E-state index contributed by atoms with van der Waals surface area (Å²) in [5.41, 5.74) is 9.06. The largest absolute Gasteiger partial charge is 0.399 e. The molecule has 17 heavy (non-hydrogen) atoms. The van der Waals surface area contributed by atoms with Gasteiger partial charge in [0.15, 0.2) is 0 Å². The molecule has 3 rings (SSSR count). The van der Waals surface area contributed by atoms with Crippen LogP contribution in [-0.4, -0.2) is 4.57 Å². The van der Waals surface area contributed by atoms with Crippen LogP contribution in [0.4, 0.5) is 5.69 Å². The van der Waals surface area contributed by atoms with E-state index < -0.39 is 0 Å². The Balaban J connectivity index is 2.57. The third kappa shape index (κ3) is 1.48. The maximum Gasteiger partial charge on any atom is 0.0492 e. The summed E-state index contributed by atoms with van der Waals surface area (Å²) in [6.07, 6.45) is 0. The molecular weight excluding hydrogens is 232 g/mol.